The molecule has 17 heavy (non-hydrogen) atoms. The van der Waals surface area contributed by atoms with Gasteiger partial charge < -0.3 is 15.6 Å². The Morgan fingerprint density at radius 2 is 1.94 bits per heavy atom. The van der Waals surface area contributed by atoms with Crippen LogP contribution >= 0.6 is 0 Å². The van der Waals surface area contributed by atoms with Gasteiger partial charge in [-0.2, -0.15) is 0 Å². The number of hydrogen-bond acceptors (Lipinski definition) is 3. The van der Waals surface area contributed by atoms with Crippen molar-refractivity contribution in [1.29, 1.82) is 0 Å². The van der Waals surface area contributed by atoms with Crippen molar-refractivity contribution < 1.29 is 14.6 Å². The minimum Gasteiger partial charge on any atom is -0.481 e. The van der Waals surface area contributed by atoms with Crippen LogP contribution in [0.1, 0.15) is 19.4 Å². The van der Waals surface area contributed by atoms with Crippen LogP contribution < -0.4 is 5.73 Å². The Morgan fingerprint density at radius 3 is 2.41 bits per heavy atom. The zero-order chi connectivity index (χ0) is 12.8. The minimum atomic E-state index is -0.916. The van der Waals surface area contributed by atoms with Gasteiger partial charge in [0.1, 0.15) is 0 Å². The molecule has 0 amide bonds. The van der Waals surface area contributed by atoms with Gasteiger partial charge in [0.15, 0.2) is 0 Å². The summed E-state index contributed by atoms with van der Waals surface area (Å²) in [6.45, 7) is 3.82. The summed E-state index contributed by atoms with van der Waals surface area (Å²) in [5.41, 5.74) is 6.67. The second-order valence-corrected chi connectivity index (χ2v) is 4.22. The molecular formula is C13H19NO3. The van der Waals surface area contributed by atoms with Gasteiger partial charge in [-0.15, -0.1) is 0 Å². The third kappa shape index (κ3) is 4.17. The number of carboxylic acids is 1. The topological polar surface area (TPSA) is 72.6 Å². The molecule has 3 atom stereocenters. The summed E-state index contributed by atoms with van der Waals surface area (Å²) in [4.78, 5) is 11.0. The van der Waals surface area contributed by atoms with Gasteiger partial charge in [0.05, 0.1) is 18.6 Å². The fourth-order valence-electron chi connectivity index (χ4n) is 1.76. The number of carboxylic acid groups (broad SMARTS) is 1. The molecule has 0 aliphatic carbocycles. The molecular weight excluding hydrogens is 218 g/mol. The zero-order valence-corrected chi connectivity index (χ0v) is 10.2. The van der Waals surface area contributed by atoms with Crippen LogP contribution in [0, 0.1) is 5.92 Å². The Balaban J connectivity index is 2.53. The van der Waals surface area contributed by atoms with E-state index in [0.29, 0.717) is 6.61 Å². The van der Waals surface area contributed by atoms with E-state index >= 15 is 0 Å². The summed E-state index contributed by atoms with van der Waals surface area (Å²) in [5.74, 6) is -1.60. The lowest BCUT2D eigenvalue weighted by atomic mass is 9.96. The molecule has 0 heterocycles. The first-order valence-corrected chi connectivity index (χ1v) is 5.66. The molecule has 0 aromatic heterocycles. The average molecular weight is 237 g/mol. The van der Waals surface area contributed by atoms with Crippen molar-refractivity contribution in [2.45, 2.75) is 32.6 Å². The number of aliphatic carboxylic acids is 1. The summed E-state index contributed by atoms with van der Waals surface area (Å²) < 4.78 is 5.55. The highest BCUT2D eigenvalue weighted by molar-refractivity contribution is 5.71. The summed E-state index contributed by atoms with van der Waals surface area (Å²) in [5, 5.41) is 9.05. The molecule has 1 aromatic rings. The van der Waals surface area contributed by atoms with E-state index in [-0.39, 0.29) is 0 Å². The maximum Gasteiger partial charge on any atom is 0.310 e. The van der Waals surface area contributed by atoms with Gasteiger partial charge in [-0.3, -0.25) is 4.79 Å². The molecule has 1 rings (SSSR count). The lowest BCUT2D eigenvalue weighted by molar-refractivity contribution is -0.148. The van der Waals surface area contributed by atoms with Crippen LogP contribution in [-0.2, 0) is 16.1 Å². The van der Waals surface area contributed by atoms with Crippen LogP contribution in [0.5, 0.6) is 0 Å². The molecule has 1 aromatic carbocycles. The van der Waals surface area contributed by atoms with Crippen LogP contribution in [-0.4, -0.2) is 23.2 Å². The smallest absolute Gasteiger partial charge is 0.310 e. The number of rotatable bonds is 6. The second kappa shape index (κ2) is 6.37. The van der Waals surface area contributed by atoms with Crippen molar-refractivity contribution in [1.82, 2.24) is 0 Å². The van der Waals surface area contributed by atoms with E-state index in [1.54, 1.807) is 13.8 Å². The summed E-state index contributed by atoms with van der Waals surface area (Å²) in [6.07, 6.45) is -0.410. The molecule has 4 nitrogen and oxygen atoms in total. The van der Waals surface area contributed by atoms with Crippen LogP contribution in [0.3, 0.4) is 0 Å². The monoisotopic (exact) mass is 237 g/mol. The fraction of sp³-hybridized carbons (Fsp3) is 0.462. The zero-order valence-electron chi connectivity index (χ0n) is 10.2. The third-order valence-corrected chi connectivity index (χ3v) is 2.71. The molecule has 4 heteroatoms. The maximum atomic E-state index is 11.0. The van der Waals surface area contributed by atoms with Crippen LogP contribution in [0.2, 0.25) is 0 Å². The van der Waals surface area contributed by atoms with E-state index in [2.05, 4.69) is 0 Å². The summed E-state index contributed by atoms with van der Waals surface area (Å²) >= 11 is 0. The highest BCUT2D eigenvalue weighted by atomic mass is 16.5. The molecule has 0 saturated carbocycles. The average Bonchev–Trinajstić information content (AvgIpc) is 2.27. The van der Waals surface area contributed by atoms with Gasteiger partial charge in [-0.25, -0.2) is 0 Å². The Labute approximate surface area is 101 Å². The number of benzene rings is 1. The van der Waals surface area contributed by atoms with Gasteiger partial charge >= 0.3 is 5.97 Å². The first kappa shape index (κ1) is 13.7. The lowest BCUT2D eigenvalue weighted by Gasteiger charge is -2.23. The number of carbonyl (C=O) groups is 1. The molecule has 94 valence electrons. The van der Waals surface area contributed by atoms with Crippen molar-refractivity contribution >= 4 is 5.97 Å². The van der Waals surface area contributed by atoms with E-state index in [0.717, 1.165) is 5.56 Å². The number of nitrogens with two attached hydrogens (primary N) is 1. The van der Waals surface area contributed by atoms with Crippen LogP contribution in [0.4, 0.5) is 0 Å². The van der Waals surface area contributed by atoms with E-state index in [4.69, 9.17) is 15.6 Å². The fourth-order valence-corrected chi connectivity index (χ4v) is 1.76. The highest BCUT2D eigenvalue weighted by Crippen LogP contribution is 2.14. The van der Waals surface area contributed by atoms with Gasteiger partial charge in [0.2, 0.25) is 0 Å². The Hall–Kier alpha value is -1.39. The van der Waals surface area contributed by atoms with Crippen molar-refractivity contribution in [3.63, 3.8) is 0 Å². The molecule has 0 unspecified atom stereocenters. The third-order valence-electron chi connectivity index (χ3n) is 2.71. The molecule has 0 bridgehead atoms. The normalized spacial score (nSPS) is 16.2. The quantitative estimate of drug-likeness (QED) is 0.789. The maximum absolute atomic E-state index is 11.0. The molecule has 3 N–H and O–H groups in total. The van der Waals surface area contributed by atoms with Gasteiger partial charge in [-0.05, 0) is 19.4 Å². The van der Waals surface area contributed by atoms with Crippen molar-refractivity contribution in [2.24, 2.45) is 11.7 Å². The van der Waals surface area contributed by atoms with Crippen LogP contribution in [0.25, 0.3) is 0 Å². The summed E-state index contributed by atoms with van der Waals surface area (Å²) in [6, 6.07) is 9.21. The van der Waals surface area contributed by atoms with E-state index in [9.17, 15) is 4.79 Å². The molecule has 0 aliphatic heterocycles. The molecule has 0 fully saturated rings. The standard InChI is InChI=1S/C13H19NO3/c1-9(14)12(13(15)16)10(2)17-8-11-6-4-3-5-7-11/h3-7,9-10,12H,8,14H2,1-2H3,(H,15,16)/t9-,10+,12+/m0/s1. The number of hydrogen-bond donors (Lipinski definition) is 2. The van der Waals surface area contributed by atoms with Gasteiger partial charge in [0.25, 0.3) is 0 Å². The molecule has 0 radical (unpaired) electrons. The largest absolute Gasteiger partial charge is 0.481 e. The molecule has 0 saturated heterocycles. The van der Waals surface area contributed by atoms with Gasteiger partial charge in [0, 0.05) is 6.04 Å². The number of ether oxygens (including phenoxy) is 1. The first-order valence-electron chi connectivity index (χ1n) is 5.66. The van der Waals surface area contributed by atoms with Crippen molar-refractivity contribution in [3.8, 4) is 0 Å². The Kier molecular flexibility index (Phi) is 5.12. The van der Waals surface area contributed by atoms with Crippen molar-refractivity contribution in [3.05, 3.63) is 35.9 Å². The molecule has 0 aliphatic rings. The van der Waals surface area contributed by atoms with E-state index in [1.165, 1.54) is 0 Å². The predicted octanol–water partition coefficient (Wildman–Crippen LogP) is 1.64. The van der Waals surface area contributed by atoms with Crippen LogP contribution in [0.15, 0.2) is 30.3 Å². The summed E-state index contributed by atoms with van der Waals surface area (Å²) in [7, 11) is 0. The Morgan fingerprint density at radius 1 is 1.35 bits per heavy atom. The minimum absolute atomic E-state index is 0.401. The Bertz CT molecular complexity index is 351. The van der Waals surface area contributed by atoms with E-state index < -0.39 is 24.0 Å². The second-order valence-electron chi connectivity index (χ2n) is 4.22. The molecule has 0 spiro atoms. The van der Waals surface area contributed by atoms with Crippen molar-refractivity contribution in [2.75, 3.05) is 0 Å². The predicted molar refractivity (Wildman–Crippen MR) is 65.5 cm³/mol. The lowest BCUT2D eigenvalue weighted by Crippen LogP contribution is -2.41. The van der Waals surface area contributed by atoms with E-state index in [1.807, 2.05) is 30.3 Å². The highest BCUT2D eigenvalue weighted by Gasteiger charge is 2.28. The SMILES string of the molecule is C[C@H](N)[C@@H](C(=O)O)[C@@H](C)OCc1ccccc1. The van der Waals surface area contributed by atoms with Gasteiger partial charge in [-0.1, -0.05) is 30.3 Å². The first-order chi connectivity index (χ1) is 8.02.